The molecule has 3 rings (SSSR count). The summed E-state index contributed by atoms with van der Waals surface area (Å²) in [7, 11) is 1.77. The molecule has 0 aromatic carbocycles. The van der Waals surface area contributed by atoms with E-state index in [9.17, 15) is 9.59 Å². The highest BCUT2D eigenvalue weighted by Gasteiger charge is 2.41. The minimum atomic E-state index is -0.294. The Morgan fingerprint density at radius 2 is 2.24 bits per heavy atom. The Balaban J connectivity index is 1.81. The average Bonchev–Trinajstić information content (AvgIpc) is 2.97. The molecule has 1 aromatic rings. The molecule has 2 fully saturated rings. The van der Waals surface area contributed by atoms with Crippen LogP contribution in [0.4, 0.5) is 5.82 Å². The lowest BCUT2D eigenvalue weighted by molar-refractivity contribution is -0.154. The molecule has 2 amide bonds. The van der Waals surface area contributed by atoms with Crippen LogP contribution in [0.1, 0.15) is 18.5 Å². The first-order valence-corrected chi connectivity index (χ1v) is 7.39. The number of nitrogens with one attached hydrogen (secondary N) is 1. The van der Waals surface area contributed by atoms with Crippen LogP contribution in [0.2, 0.25) is 5.02 Å². The standard InChI is InChI=1S/C14H17ClN4O2/c1-16-12-5-4-9(15)10(17-12)7-18-8-13(20)19-6-2-3-11(19)14(18)21/h4-5,11H,2-3,6-8H2,1H3,(H,16,17). The first-order valence-electron chi connectivity index (χ1n) is 7.01. The number of amides is 2. The Morgan fingerprint density at radius 3 is 3.00 bits per heavy atom. The predicted octanol–water partition coefficient (Wildman–Crippen LogP) is 1.11. The molecule has 1 atom stereocenters. The molecule has 112 valence electrons. The van der Waals surface area contributed by atoms with Gasteiger partial charge in [0.15, 0.2) is 0 Å². The lowest BCUT2D eigenvalue weighted by Gasteiger charge is -2.36. The highest BCUT2D eigenvalue weighted by molar-refractivity contribution is 6.31. The van der Waals surface area contributed by atoms with Gasteiger partial charge in [0.1, 0.15) is 18.4 Å². The van der Waals surface area contributed by atoms with Crippen LogP contribution >= 0.6 is 11.6 Å². The van der Waals surface area contributed by atoms with E-state index in [0.717, 1.165) is 12.8 Å². The van der Waals surface area contributed by atoms with E-state index in [1.807, 2.05) is 0 Å². The Bertz CT molecular complexity index is 592. The monoisotopic (exact) mass is 308 g/mol. The second-order valence-electron chi connectivity index (χ2n) is 5.31. The zero-order chi connectivity index (χ0) is 15.0. The van der Waals surface area contributed by atoms with Crippen molar-refractivity contribution < 1.29 is 9.59 Å². The number of pyridine rings is 1. The third-order valence-electron chi connectivity index (χ3n) is 4.01. The minimum absolute atomic E-state index is 0.000160. The van der Waals surface area contributed by atoms with E-state index in [1.54, 1.807) is 29.0 Å². The maximum absolute atomic E-state index is 12.5. The van der Waals surface area contributed by atoms with Gasteiger partial charge in [-0.2, -0.15) is 0 Å². The Morgan fingerprint density at radius 1 is 1.43 bits per heavy atom. The SMILES string of the molecule is CNc1ccc(Cl)c(CN2CC(=O)N3CCCC3C2=O)n1. The molecule has 1 N–H and O–H groups in total. The number of carbonyl (C=O) groups is 2. The Labute approximate surface area is 128 Å². The third kappa shape index (κ3) is 2.55. The fraction of sp³-hybridized carbons (Fsp3) is 0.500. The minimum Gasteiger partial charge on any atom is -0.373 e. The van der Waals surface area contributed by atoms with Crippen molar-refractivity contribution in [1.29, 1.82) is 0 Å². The van der Waals surface area contributed by atoms with Gasteiger partial charge in [-0.3, -0.25) is 9.59 Å². The van der Waals surface area contributed by atoms with Gasteiger partial charge < -0.3 is 15.1 Å². The summed E-state index contributed by atoms with van der Waals surface area (Å²) in [6.07, 6.45) is 1.64. The summed E-state index contributed by atoms with van der Waals surface area (Å²) < 4.78 is 0. The summed E-state index contributed by atoms with van der Waals surface area (Å²) in [5.74, 6) is 0.700. The topological polar surface area (TPSA) is 65.5 Å². The van der Waals surface area contributed by atoms with Crippen LogP contribution in [0.3, 0.4) is 0 Å². The highest BCUT2D eigenvalue weighted by atomic mass is 35.5. The summed E-state index contributed by atoms with van der Waals surface area (Å²) in [6.45, 7) is 1.07. The maximum Gasteiger partial charge on any atom is 0.246 e. The van der Waals surface area contributed by atoms with Crippen molar-refractivity contribution >= 4 is 29.2 Å². The lowest BCUT2D eigenvalue weighted by atomic mass is 10.1. The fourth-order valence-corrected chi connectivity index (χ4v) is 3.08. The number of anilines is 1. The van der Waals surface area contributed by atoms with Crippen LogP contribution in [0.25, 0.3) is 0 Å². The molecule has 1 aromatic heterocycles. The fourth-order valence-electron chi connectivity index (χ4n) is 2.91. The molecule has 0 aliphatic carbocycles. The molecule has 2 aliphatic heterocycles. The Hall–Kier alpha value is -1.82. The molecule has 0 bridgehead atoms. The van der Waals surface area contributed by atoms with E-state index in [4.69, 9.17) is 11.6 Å². The van der Waals surface area contributed by atoms with Crippen LogP contribution in [0.15, 0.2) is 12.1 Å². The summed E-state index contributed by atoms with van der Waals surface area (Å²) in [5.41, 5.74) is 0.608. The third-order valence-corrected chi connectivity index (χ3v) is 4.36. The van der Waals surface area contributed by atoms with Crippen LogP contribution < -0.4 is 5.32 Å². The first kappa shape index (κ1) is 14.1. The van der Waals surface area contributed by atoms with Crippen LogP contribution in [-0.4, -0.2) is 52.8 Å². The van der Waals surface area contributed by atoms with Crippen LogP contribution in [0.5, 0.6) is 0 Å². The van der Waals surface area contributed by atoms with Gasteiger partial charge in [-0.25, -0.2) is 4.98 Å². The molecule has 0 saturated carbocycles. The lowest BCUT2D eigenvalue weighted by Crippen LogP contribution is -2.56. The molecule has 0 radical (unpaired) electrons. The van der Waals surface area contributed by atoms with Crippen molar-refractivity contribution in [3.05, 3.63) is 22.8 Å². The van der Waals surface area contributed by atoms with Crippen LogP contribution in [-0.2, 0) is 16.1 Å². The van der Waals surface area contributed by atoms with Gasteiger partial charge in [0, 0.05) is 13.6 Å². The quantitative estimate of drug-likeness (QED) is 0.908. The molecular weight excluding hydrogens is 292 g/mol. The van der Waals surface area contributed by atoms with E-state index in [2.05, 4.69) is 10.3 Å². The molecule has 2 saturated heterocycles. The van der Waals surface area contributed by atoms with Crippen molar-refractivity contribution in [3.8, 4) is 0 Å². The van der Waals surface area contributed by atoms with E-state index in [0.29, 0.717) is 23.1 Å². The number of rotatable bonds is 3. The summed E-state index contributed by atoms with van der Waals surface area (Å²) in [5, 5.41) is 3.44. The smallest absolute Gasteiger partial charge is 0.246 e. The zero-order valence-corrected chi connectivity index (χ0v) is 12.6. The van der Waals surface area contributed by atoms with Gasteiger partial charge in [-0.05, 0) is 25.0 Å². The van der Waals surface area contributed by atoms with E-state index < -0.39 is 0 Å². The predicted molar refractivity (Wildman–Crippen MR) is 78.9 cm³/mol. The number of fused-ring (bicyclic) bond motifs is 1. The number of carbonyl (C=O) groups excluding carboxylic acids is 2. The maximum atomic E-state index is 12.5. The summed E-state index contributed by atoms with van der Waals surface area (Å²) >= 11 is 6.14. The van der Waals surface area contributed by atoms with Gasteiger partial charge >= 0.3 is 0 Å². The van der Waals surface area contributed by atoms with Gasteiger partial charge in [-0.1, -0.05) is 11.6 Å². The molecule has 2 aliphatic rings. The van der Waals surface area contributed by atoms with Crippen LogP contribution in [0, 0.1) is 0 Å². The molecule has 1 unspecified atom stereocenters. The normalized spacial score (nSPS) is 21.7. The highest BCUT2D eigenvalue weighted by Crippen LogP contribution is 2.26. The number of halogens is 1. The van der Waals surface area contributed by atoms with Gasteiger partial charge in [-0.15, -0.1) is 0 Å². The zero-order valence-electron chi connectivity index (χ0n) is 11.8. The first-order chi connectivity index (χ1) is 10.1. The second kappa shape index (κ2) is 5.52. The average molecular weight is 309 g/mol. The molecule has 21 heavy (non-hydrogen) atoms. The number of hydrogen-bond donors (Lipinski definition) is 1. The molecule has 7 heteroatoms. The van der Waals surface area contributed by atoms with E-state index in [-0.39, 0.29) is 30.9 Å². The van der Waals surface area contributed by atoms with Crippen molar-refractivity contribution in [3.63, 3.8) is 0 Å². The van der Waals surface area contributed by atoms with Crippen molar-refractivity contribution in [2.75, 3.05) is 25.5 Å². The largest absolute Gasteiger partial charge is 0.373 e. The number of piperazine rings is 1. The van der Waals surface area contributed by atoms with Gasteiger partial charge in [0.25, 0.3) is 0 Å². The summed E-state index contributed by atoms with van der Waals surface area (Å²) in [4.78, 5) is 32.2. The molecule has 0 spiro atoms. The van der Waals surface area contributed by atoms with Crippen molar-refractivity contribution in [1.82, 2.24) is 14.8 Å². The summed E-state index contributed by atoms with van der Waals surface area (Å²) in [6, 6.07) is 3.22. The Kier molecular flexibility index (Phi) is 3.71. The second-order valence-corrected chi connectivity index (χ2v) is 5.72. The van der Waals surface area contributed by atoms with Gasteiger partial charge in [0.05, 0.1) is 17.3 Å². The molecule has 6 nitrogen and oxygen atoms in total. The number of nitrogens with zero attached hydrogens (tertiary/aromatic N) is 3. The number of aromatic nitrogens is 1. The number of hydrogen-bond acceptors (Lipinski definition) is 4. The molecular formula is C14H17ClN4O2. The van der Waals surface area contributed by atoms with Crippen molar-refractivity contribution in [2.24, 2.45) is 0 Å². The van der Waals surface area contributed by atoms with E-state index >= 15 is 0 Å². The van der Waals surface area contributed by atoms with E-state index in [1.165, 1.54) is 0 Å². The van der Waals surface area contributed by atoms with Gasteiger partial charge in [0.2, 0.25) is 11.8 Å². The van der Waals surface area contributed by atoms with Crippen molar-refractivity contribution in [2.45, 2.75) is 25.4 Å². The molecule has 3 heterocycles.